The van der Waals surface area contributed by atoms with Gasteiger partial charge in [0.2, 0.25) is 6.10 Å². The van der Waals surface area contributed by atoms with Gasteiger partial charge in [-0.2, -0.15) is 0 Å². The topological polar surface area (TPSA) is 76.1 Å². The lowest BCUT2D eigenvalue weighted by Crippen LogP contribution is -2.53. The van der Waals surface area contributed by atoms with Crippen LogP contribution in [0.4, 0.5) is 0 Å². The van der Waals surface area contributed by atoms with Gasteiger partial charge >= 0.3 is 5.97 Å². The third-order valence-corrected chi connectivity index (χ3v) is 3.57. The van der Waals surface area contributed by atoms with Gasteiger partial charge in [-0.1, -0.05) is 19.1 Å². The van der Waals surface area contributed by atoms with Gasteiger partial charge in [-0.3, -0.25) is 4.79 Å². The molecule has 1 aliphatic heterocycles. The molecule has 0 aliphatic carbocycles. The first-order valence-electron chi connectivity index (χ1n) is 6.87. The summed E-state index contributed by atoms with van der Waals surface area (Å²) in [5, 5.41) is 9.15. The number of amides is 1. The lowest BCUT2D eigenvalue weighted by molar-refractivity contribution is -0.155. The minimum atomic E-state index is -1.03. The Morgan fingerprint density at radius 2 is 1.86 bits per heavy atom. The minimum absolute atomic E-state index is 0.329. The number of ether oxygens (including phenoxy) is 2. The predicted octanol–water partition coefficient (Wildman–Crippen LogP) is 1.54. The Morgan fingerprint density at radius 3 is 2.38 bits per heavy atom. The number of fused-ring (bicyclic) bond motifs is 1. The van der Waals surface area contributed by atoms with E-state index in [1.807, 2.05) is 6.07 Å². The Bertz CT molecular complexity index is 545. The maximum Gasteiger partial charge on any atom is 0.326 e. The minimum Gasteiger partial charge on any atom is -0.482 e. The lowest BCUT2D eigenvalue weighted by atomic mass is 10.1. The number of carboxylic acids is 1. The van der Waals surface area contributed by atoms with E-state index in [2.05, 4.69) is 0 Å². The zero-order valence-electron chi connectivity index (χ0n) is 12.3. The highest BCUT2D eigenvalue weighted by molar-refractivity contribution is 5.87. The second-order valence-electron chi connectivity index (χ2n) is 5.02. The molecule has 0 saturated carbocycles. The summed E-state index contributed by atoms with van der Waals surface area (Å²) < 4.78 is 11.4. The Kier molecular flexibility index (Phi) is 4.35. The van der Waals surface area contributed by atoms with Gasteiger partial charge in [-0.05, 0) is 25.5 Å². The van der Waals surface area contributed by atoms with Crippen molar-refractivity contribution in [1.29, 1.82) is 0 Å². The number of para-hydroxylation sites is 2. The van der Waals surface area contributed by atoms with E-state index in [0.29, 0.717) is 17.9 Å². The number of rotatable bonds is 4. The van der Waals surface area contributed by atoms with Crippen LogP contribution in [0.25, 0.3) is 0 Å². The smallest absolute Gasteiger partial charge is 0.326 e. The van der Waals surface area contributed by atoms with Crippen LogP contribution in [-0.4, -0.2) is 47.2 Å². The lowest BCUT2D eigenvalue weighted by Gasteiger charge is -2.34. The van der Waals surface area contributed by atoms with Crippen molar-refractivity contribution in [2.45, 2.75) is 38.5 Å². The summed E-state index contributed by atoms with van der Waals surface area (Å²) in [5.41, 5.74) is 0. The maximum atomic E-state index is 12.5. The molecule has 0 aromatic heterocycles. The molecule has 0 radical (unpaired) electrons. The molecule has 114 valence electrons. The first-order chi connectivity index (χ1) is 9.95. The molecule has 1 aromatic carbocycles. The molecule has 0 spiro atoms. The van der Waals surface area contributed by atoms with Gasteiger partial charge in [-0.15, -0.1) is 0 Å². The van der Waals surface area contributed by atoms with Crippen LogP contribution in [0.5, 0.6) is 11.5 Å². The number of aliphatic carboxylic acids is 1. The summed E-state index contributed by atoms with van der Waals surface area (Å²) in [5.74, 6) is -0.350. The van der Waals surface area contributed by atoms with Crippen molar-refractivity contribution >= 4 is 11.9 Å². The van der Waals surface area contributed by atoms with Crippen LogP contribution in [0.3, 0.4) is 0 Å². The van der Waals surface area contributed by atoms with E-state index < -0.39 is 30.1 Å². The highest BCUT2D eigenvalue weighted by Crippen LogP contribution is 2.33. The molecular weight excluding hydrogens is 274 g/mol. The van der Waals surface area contributed by atoms with Crippen molar-refractivity contribution < 1.29 is 24.2 Å². The first-order valence-corrected chi connectivity index (χ1v) is 6.87. The molecule has 2 rings (SSSR count). The molecule has 1 aromatic rings. The second kappa shape index (κ2) is 6.03. The summed E-state index contributed by atoms with van der Waals surface area (Å²) >= 11 is 0. The van der Waals surface area contributed by atoms with Gasteiger partial charge in [0, 0.05) is 7.05 Å². The van der Waals surface area contributed by atoms with Crippen LogP contribution in [0.1, 0.15) is 20.3 Å². The molecular formula is C15H19NO5. The molecule has 3 unspecified atom stereocenters. The fraction of sp³-hybridized carbons (Fsp3) is 0.467. The standard InChI is InChI=1S/C15H19NO5/c1-4-10(15(18)19)16(3)14(17)13-9(2)20-11-7-5-6-8-12(11)21-13/h5-10,13H,4H2,1-3H3,(H,18,19). The Hall–Kier alpha value is -2.24. The normalized spacial score (nSPS) is 21.5. The van der Waals surface area contributed by atoms with Crippen LogP contribution in [-0.2, 0) is 9.59 Å². The fourth-order valence-electron chi connectivity index (χ4n) is 2.36. The molecule has 0 saturated heterocycles. The van der Waals surface area contributed by atoms with Crippen molar-refractivity contribution in [3.63, 3.8) is 0 Å². The number of likely N-dealkylation sites (N-methyl/N-ethyl adjacent to an activating group) is 1. The molecule has 6 heteroatoms. The molecule has 1 N–H and O–H groups in total. The van der Waals surface area contributed by atoms with Crippen molar-refractivity contribution in [3.8, 4) is 11.5 Å². The van der Waals surface area contributed by atoms with Gasteiger partial charge in [0.1, 0.15) is 12.1 Å². The third-order valence-electron chi connectivity index (χ3n) is 3.57. The molecule has 3 atom stereocenters. The quantitative estimate of drug-likeness (QED) is 0.911. The number of carboxylic acid groups (broad SMARTS) is 1. The first kappa shape index (κ1) is 15.2. The van der Waals surface area contributed by atoms with Crippen LogP contribution >= 0.6 is 0 Å². The highest BCUT2D eigenvalue weighted by Gasteiger charge is 2.38. The Morgan fingerprint density at radius 1 is 1.29 bits per heavy atom. The van der Waals surface area contributed by atoms with Gasteiger partial charge in [0.15, 0.2) is 11.5 Å². The van der Waals surface area contributed by atoms with Crippen LogP contribution < -0.4 is 9.47 Å². The van der Waals surface area contributed by atoms with Gasteiger partial charge in [0.05, 0.1) is 0 Å². The summed E-state index contributed by atoms with van der Waals surface area (Å²) in [7, 11) is 1.47. The number of carbonyl (C=O) groups excluding carboxylic acids is 1. The summed E-state index contributed by atoms with van der Waals surface area (Å²) in [6, 6.07) is 6.22. The molecule has 1 amide bonds. The van der Waals surface area contributed by atoms with Crippen LogP contribution in [0, 0.1) is 0 Å². The number of benzene rings is 1. The van der Waals surface area contributed by atoms with E-state index in [1.54, 1.807) is 32.0 Å². The number of carbonyl (C=O) groups is 2. The molecule has 21 heavy (non-hydrogen) atoms. The van der Waals surface area contributed by atoms with E-state index in [0.717, 1.165) is 0 Å². The maximum absolute atomic E-state index is 12.5. The van der Waals surface area contributed by atoms with E-state index in [1.165, 1.54) is 11.9 Å². The largest absolute Gasteiger partial charge is 0.482 e. The summed E-state index contributed by atoms with van der Waals surface area (Å²) in [6.45, 7) is 3.45. The third kappa shape index (κ3) is 2.94. The monoisotopic (exact) mass is 293 g/mol. The SMILES string of the molecule is CCC(C(=O)O)N(C)C(=O)C1Oc2ccccc2OC1C. The van der Waals surface area contributed by atoms with E-state index in [-0.39, 0.29) is 0 Å². The molecule has 0 fully saturated rings. The van der Waals surface area contributed by atoms with Crippen molar-refractivity contribution in [2.75, 3.05) is 7.05 Å². The average Bonchev–Trinajstić information content (AvgIpc) is 2.46. The zero-order valence-corrected chi connectivity index (χ0v) is 12.3. The Balaban J connectivity index is 2.18. The van der Waals surface area contributed by atoms with Gasteiger partial charge < -0.3 is 19.5 Å². The van der Waals surface area contributed by atoms with Gasteiger partial charge in [0.25, 0.3) is 5.91 Å². The van der Waals surface area contributed by atoms with Crippen LogP contribution in [0.15, 0.2) is 24.3 Å². The molecule has 0 bridgehead atoms. The number of nitrogens with zero attached hydrogens (tertiary/aromatic N) is 1. The fourth-order valence-corrected chi connectivity index (χ4v) is 2.36. The predicted molar refractivity (Wildman–Crippen MR) is 75.4 cm³/mol. The average molecular weight is 293 g/mol. The second-order valence-corrected chi connectivity index (χ2v) is 5.02. The van der Waals surface area contributed by atoms with E-state index >= 15 is 0 Å². The zero-order chi connectivity index (χ0) is 15.6. The van der Waals surface area contributed by atoms with E-state index in [9.17, 15) is 9.59 Å². The van der Waals surface area contributed by atoms with E-state index in [4.69, 9.17) is 14.6 Å². The molecule has 1 heterocycles. The number of hydrogen-bond donors (Lipinski definition) is 1. The summed E-state index contributed by atoms with van der Waals surface area (Å²) in [4.78, 5) is 24.9. The molecule has 1 aliphatic rings. The van der Waals surface area contributed by atoms with Crippen molar-refractivity contribution in [3.05, 3.63) is 24.3 Å². The highest BCUT2D eigenvalue weighted by atomic mass is 16.6. The molecule has 6 nitrogen and oxygen atoms in total. The van der Waals surface area contributed by atoms with Crippen LogP contribution in [0.2, 0.25) is 0 Å². The van der Waals surface area contributed by atoms with Crippen molar-refractivity contribution in [2.24, 2.45) is 0 Å². The Labute approximate surface area is 123 Å². The summed E-state index contributed by atoms with van der Waals surface area (Å²) in [6.07, 6.45) is -1.00. The number of hydrogen-bond acceptors (Lipinski definition) is 4. The van der Waals surface area contributed by atoms with Crippen molar-refractivity contribution in [1.82, 2.24) is 4.90 Å². The van der Waals surface area contributed by atoms with Gasteiger partial charge in [-0.25, -0.2) is 4.79 Å².